The zero-order valence-corrected chi connectivity index (χ0v) is 18.0. The fraction of sp³-hybridized carbons (Fsp3) is 0.368. The van der Waals surface area contributed by atoms with E-state index >= 15 is 0 Å². The lowest BCUT2D eigenvalue weighted by Gasteiger charge is -2.15. The van der Waals surface area contributed by atoms with Crippen LogP contribution in [0.3, 0.4) is 0 Å². The van der Waals surface area contributed by atoms with Crippen molar-refractivity contribution < 1.29 is 9.47 Å². The highest BCUT2D eigenvalue weighted by molar-refractivity contribution is 9.10. The molecule has 0 amide bonds. The average molecular weight is 462 g/mol. The van der Waals surface area contributed by atoms with Crippen LogP contribution < -0.4 is 20.1 Å². The standard InChI is InChI=1S/C19H23BrCl2N2O2/c1-23-6-3-7-24-11-13-8-16(20)19(18(9-13)25-2)26-12-14-4-5-15(21)10-17(14)22/h4-5,8-10,23-24H,3,6-7,11-12H2,1-2H3. The maximum absolute atomic E-state index is 6.21. The quantitative estimate of drug-likeness (QED) is 0.486. The first-order valence-electron chi connectivity index (χ1n) is 8.33. The number of hydrogen-bond acceptors (Lipinski definition) is 4. The van der Waals surface area contributed by atoms with E-state index in [1.54, 1.807) is 19.2 Å². The average Bonchev–Trinajstić information content (AvgIpc) is 2.61. The summed E-state index contributed by atoms with van der Waals surface area (Å²) in [5.74, 6) is 1.33. The fourth-order valence-electron chi connectivity index (χ4n) is 2.43. The van der Waals surface area contributed by atoms with Crippen LogP contribution in [0.2, 0.25) is 10.0 Å². The van der Waals surface area contributed by atoms with Crippen molar-refractivity contribution in [3.63, 3.8) is 0 Å². The number of methoxy groups -OCH3 is 1. The maximum atomic E-state index is 6.21. The van der Waals surface area contributed by atoms with Crippen LogP contribution in [0.4, 0.5) is 0 Å². The Bertz CT molecular complexity index is 729. The van der Waals surface area contributed by atoms with E-state index in [-0.39, 0.29) is 0 Å². The van der Waals surface area contributed by atoms with Gasteiger partial charge in [0.2, 0.25) is 0 Å². The molecule has 0 saturated heterocycles. The van der Waals surface area contributed by atoms with Crippen LogP contribution >= 0.6 is 39.1 Å². The highest BCUT2D eigenvalue weighted by Crippen LogP contribution is 2.37. The highest BCUT2D eigenvalue weighted by atomic mass is 79.9. The number of ether oxygens (including phenoxy) is 2. The molecule has 0 aromatic heterocycles. The molecule has 2 N–H and O–H groups in total. The Hall–Kier alpha value is -0.980. The van der Waals surface area contributed by atoms with Gasteiger partial charge in [-0.05, 0) is 72.3 Å². The van der Waals surface area contributed by atoms with Crippen LogP contribution in [0.25, 0.3) is 0 Å². The fourth-order valence-corrected chi connectivity index (χ4v) is 3.49. The second kappa shape index (κ2) is 11.0. The largest absolute Gasteiger partial charge is 0.493 e. The van der Waals surface area contributed by atoms with E-state index in [1.807, 2.05) is 25.2 Å². The van der Waals surface area contributed by atoms with Crippen LogP contribution in [0.1, 0.15) is 17.5 Å². The van der Waals surface area contributed by atoms with E-state index in [1.165, 1.54) is 0 Å². The smallest absolute Gasteiger partial charge is 0.175 e. The zero-order valence-electron chi connectivity index (χ0n) is 14.9. The summed E-state index contributed by atoms with van der Waals surface area (Å²) < 4.78 is 12.3. The molecule has 26 heavy (non-hydrogen) atoms. The van der Waals surface area contributed by atoms with Gasteiger partial charge in [-0.3, -0.25) is 0 Å². The first-order chi connectivity index (χ1) is 12.5. The van der Waals surface area contributed by atoms with Crippen molar-refractivity contribution in [2.24, 2.45) is 0 Å². The third-order valence-electron chi connectivity index (χ3n) is 3.79. The van der Waals surface area contributed by atoms with E-state index in [4.69, 9.17) is 32.7 Å². The van der Waals surface area contributed by atoms with Crippen molar-refractivity contribution in [3.8, 4) is 11.5 Å². The van der Waals surface area contributed by atoms with Gasteiger partial charge in [0.15, 0.2) is 11.5 Å². The van der Waals surface area contributed by atoms with E-state index in [9.17, 15) is 0 Å². The summed E-state index contributed by atoms with van der Waals surface area (Å²) in [6, 6.07) is 9.37. The second-order valence-electron chi connectivity index (χ2n) is 5.77. The minimum absolute atomic E-state index is 0.326. The lowest BCUT2D eigenvalue weighted by molar-refractivity contribution is 0.282. The molecule has 0 aliphatic carbocycles. The van der Waals surface area contributed by atoms with Crippen LogP contribution in [0, 0.1) is 0 Å². The van der Waals surface area contributed by atoms with Gasteiger partial charge in [-0.15, -0.1) is 0 Å². The Kier molecular flexibility index (Phi) is 9.02. The summed E-state index contributed by atoms with van der Waals surface area (Å²) in [6.07, 6.45) is 1.08. The Morgan fingerprint density at radius 3 is 2.62 bits per heavy atom. The number of nitrogens with one attached hydrogen (secondary N) is 2. The predicted octanol–water partition coefficient (Wildman–Crippen LogP) is 5.04. The number of halogens is 3. The molecular weight excluding hydrogens is 439 g/mol. The van der Waals surface area contributed by atoms with Crippen molar-refractivity contribution in [2.45, 2.75) is 19.6 Å². The molecule has 0 saturated carbocycles. The van der Waals surface area contributed by atoms with Gasteiger partial charge < -0.3 is 20.1 Å². The third-order valence-corrected chi connectivity index (χ3v) is 4.96. The zero-order chi connectivity index (χ0) is 18.9. The summed E-state index contributed by atoms with van der Waals surface area (Å²) in [6.45, 7) is 3.04. The lowest BCUT2D eigenvalue weighted by Crippen LogP contribution is -2.19. The number of hydrogen-bond donors (Lipinski definition) is 2. The van der Waals surface area contributed by atoms with Crippen molar-refractivity contribution in [1.82, 2.24) is 10.6 Å². The van der Waals surface area contributed by atoms with Gasteiger partial charge in [0, 0.05) is 22.2 Å². The van der Waals surface area contributed by atoms with Gasteiger partial charge in [-0.2, -0.15) is 0 Å². The summed E-state index contributed by atoms with van der Waals surface area (Å²) in [7, 11) is 3.59. The molecule has 0 atom stereocenters. The van der Waals surface area contributed by atoms with Gasteiger partial charge in [0.1, 0.15) is 6.61 Å². The van der Waals surface area contributed by atoms with Gasteiger partial charge in [0.05, 0.1) is 11.6 Å². The molecule has 142 valence electrons. The topological polar surface area (TPSA) is 42.5 Å². The van der Waals surface area contributed by atoms with Crippen LogP contribution in [0.15, 0.2) is 34.8 Å². The molecule has 2 aromatic carbocycles. The first-order valence-corrected chi connectivity index (χ1v) is 9.88. The van der Waals surface area contributed by atoms with Crippen LogP contribution in [0.5, 0.6) is 11.5 Å². The van der Waals surface area contributed by atoms with Crippen molar-refractivity contribution in [1.29, 1.82) is 0 Å². The SMILES string of the molecule is CNCCCNCc1cc(Br)c(OCc2ccc(Cl)cc2Cl)c(OC)c1. The summed E-state index contributed by atoms with van der Waals surface area (Å²) >= 11 is 15.7. The van der Waals surface area contributed by atoms with E-state index < -0.39 is 0 Å². The molecule has 0 unspecified atom stereocenters. The molecular formula is C19H23BrCl2N2O2. The Morgan fingerprint density at radius 1 is 1.12 bits per heavy atom. The summed E-state index contributed by atoms with van der Waals surface area (Å²) in [5.41, 5.74) is 1.98. The molecule has 0 fully saturated rings. The lowest BCUT2D eigenvalue weighted by atomic mass is 10.2. The molecule has 2 rings (SSSR count). The van der Waals surface area contributed by atoms with Gasteiger partial charge in [-0.1, -0.05) is 29.3 Å². The van der Waals surface area contributed by atoms with Gasteiger partial charge in [-0.25, -0.2) is 0 Å². The monoisotopic (exact) mass is 460 g/mol. The number of rotatable bonds is 10. The van der Waals surface area contributed by atoms with Gasteiger partial charge >= 0.3 is 0 Å². The summed E-state index contributed by atoms with van der Waals surface area (Å²) in [5, 5.41) is 7.73. The van der Waals surface area contributed by atoms with E-state index in [0.717, 1.165) is 41.7 Å². The van der Waals surface area contributed by atoms with Crippen molar-refractivity contribution in [2.75, 3.05) is 27.2 Å². The maximum Gasteiger partial charge on any atom is 0.175 e. The van der Waals surface area contributed by atoms with Crippen molar-refractivity contribution in [3.05, 3.63) is 56.0 Å². The van der Waals surface area contributed by atoms with Crippen LogP contribution in [-0.4, -0.2) is 27.2 Å². The molecule has 0 heterocycles. The molecule has 4 nitrogen and oxygen atoms in total. The highest BCUT2D eigenvalue weighted by Gasteiger charge is 2.13. The molecule has 0 aliphatic rings. The Morgan fingerprint density at radius 2 is 1.92 bits per heavy atom. The van der Waals surface area contributed by atoms with E-state index in [0.29, 0.717) is 28.2 Å². The summed E-state index contributed by atoms with van der Waals surface area (Å²) in [4.78, 5) is 0. The number of benzene rings is 2. The molecule has 0 aliphatic heterocycles. The van der Waals surface area contributed by atoms with Gasteiger partial charge in [0.25, 0.3) is 0 Å². The third kappa shape index (κ3) is 6.32. The molecule has 0 bridgehead atoms. The normalized spacial score (nSPS) is 10.8. The molecule has 0 spiro atoms. The second-order valence-corrected chi connectivity index (χ2v) is 7.47. The molecule has 2 aromatic rings. The van der Waals surface area contributed by atoms with Crippen molar-refractivity contribution >= 4 is 39.1 Å². The first kappa shape index (κ1) is 21.3. The minimum Gasteiger partial charge on any atom is -0.493 e. The molecule has 0 radical (unpaired) electrons. The Labute approximate surface area is 173 Å². The minimum atomic E-state index is 0.326. The predicted molar refractivity (Wildman–Crippen MR) is 112 cm³/mol. The van der Waals surface area contributed by atoms with E-state index in [2.05, 4.69) is 26.6 Å². The van der Waals surface area contributed by atoms with Crippen LogP contribution in [-0.2, 0) is 13.2 Å². The Balaban J connectivity index is 2.03. The molecule has 7 heteroatoms.